The Morgan fingerprint density at radius 1 is 1.45 bits per heavy atom. The average molecular weight is 330 g/mol. The molecule has 0 heterocycles. The third-order valence-corrected chi connectivity index (χ3v) is 3.39. The van der Waals surface area contributed by atoms with Crippen LogP contribution in [0.5, 0.6) is 0 Å². The number of benzene rings is 1. The Hall–Kier alpha value is -1.66. The van der Waals surface area contributed by atoms with Gasteiger partial charge in [-0.25, -0.2) is 0 Å². The van der Waals surface area contributed by atoms with Crippen molar-refractivity contribution in [1.82, 2.24) is 5.32 Å². The molecule has 0 saturated heterocycles. The first-order chi connectivity index (χ1) is 9.68. The van der Waals surface area contributed by atoms with E-state index in [1.54, 1.807) is 6.92 Å². The van der Waals surface area contributed by atoms with Crippen LogP contribution in [-0.4, -0.2) is 22.9 Å². The van der Waals surface area contributed by atoms with Gasteiger partial charge in [-0.1, -0.05) is 13.8 Å². The van der Waals surface area contributed by atoms with Gasteiger partial charge in [0, 0.05) is 29.8 Å². The molecule has 124 valence electrons. The van der Waals surface area contributed by atoms with Gasteiger partial charge in [-0.05, 0) is 37.8 Å². The molecule has 22 heavy (non-hydrogen) atoms. The van der Waals surface area contributed by atoms with Gasteiger partial charge in [0.2, 0.25) is 0 Å². The molecule has 1 atom stereocenters. The SMILES string of the molecule is Cc1cc([N+](=O)[O-])ccc1C(=O)NC(C)(CN)CC(C)C.Cl. The molecule has 0 aliphatic heterocycles. The van der Waals surface area contributed by atoms with E-state index >= 15 is 0 Å². The second kappa shape index (κ2) is 8.10. The molecule has 0 bridgehead atoms. The first kappa shape index (κ1) is 20.3. The van der Waals surface area contributed by atoms with E-state index in [0.717, 1.165) is 6.42 Å². The minimum Gasteiger partial charge on any atom is -0.346 e. The summed E-state index contributed by atoms with van der Waals surface area (Å²) < 4.78 is 0. The number of hydrogen-bond donors (Lipinski definition) is 2. The van der Waals surface area contributed by atoms with Crippen LogP contribution in [0.4, 0.5) is 5.69 Å². The fourth-order valence-electron chi connectivity index (χ4n) is 2.44. The van der Waals surface area contributed by atoms with Gasteiger partial charge >= 0.3 is 0 Å². The molecule has 1 aromatic rings. The zero-order chi connectivity index (χ0) is 16.2. The lowest BCUT2D eigenvalue weighted by Gasteiger charge is -2.31. The molecule has 6 nitrogen and oxygen atoms in total. The molecule has 7 heteroatoms. The number of nitrogens with zero attached hydrogens (tertiary/aromatic N) is 1. The highest BCUT2D eigenvalue weighted by atomic mass is 35.5. The van der Waals surface area contributed by atoms with Crippen LogP contribution >= 0.6 is 12.4 Å². The topological polar surface area (TPSA) is 98.3 Å². The predicted octanol–water partition coefficient (Wildman–Crippen LogP) is 2.82. The van der Waals surface area contributed by atoms with E-state index in [2.05, 4.69) is 19.2 Å². The lowest BCUT2D eigenvalue weighted by Crippen LogP contribution is -2.52. The number of nitrogens with one attached hydrogen (secondary N) is 1. The van der Waals surface area contributed by atoms with Crippen LogP contribution in [0.25, 0.3) is 0 Å². The van der Waals surface area contributed by atoms with Gasteiger partial charge in [0.1, 0.15) is 0 Å². The number of rotatable bonds is 6. The second-order valence-electron chi connectivity index (χ2n) is 6.07. The third kappa shape index (κ3) is 5.27. The van der Waals surface area contributed by atoms with E-state index in [9.17, 15) is 14.9 Å². The fraction of sp³-hybridized carbons (Fsp3) is 0.533. The highest BCUT2D eigenvalue weighted by molar-refractivity contribution is 5.96. The highest BCUT2D eigenvalue weighted by Crippen LogP contribution is 2.20. The Kier molecular flexibility index (Phi) is 7.49. The molecule has 1 rings (SSSR count). The Labute approximate surface area is 137 Å². The van der Waals surface area contributed by atoms with Gasteiger partial charge in [-0.15, -0.1) is 12.4 Å². The zero-order valence-corrected chi connectivity index (χ0v) is 14.2. The monoisotopic (exact) mass is 329 g/mol. The number of non-ortho nitro benzene ring substituents is 1. The fourth-order valence-corrected chi connectivity index (χ4v) is 2.44. The average Bonchev–Trinajstić information content (AvgIpc) is 2.37. The summed E-state index contributed by atoms with van der Waals surface area (Å²) in [5, 5.41) is 13.7. The molecule has 0 fully saturated rings. The summed E-state index contributed by atoms with van der Waals surface area (Å²) in [4.78, 5) is 22.6. The summed E-state index contributed by atoms with van der Waals surface area (Å²) in [7, 11) is 0. The Morgan fingerprint density at radius 2 is 2.05 bits per heavy atom. The zero-order valence-electron chi connectivity index (χ0n) is 13.4. The van der Waals surface area contributed by atoms with Gasteiger partial charge in [-0.2, -0.15) is 0 Å². The highest BCUT2D eigenvalue weighted by Gasteiger charge is 2.27. The molecule has 0 aliphatic carbocycles. The van der Waals surface area contributed by atoms with E-state index in [4.69, 9.17) is 5.73 Å². The molecular formula is C15H24ClN3O3. The number of aryl methyl sites for hydroxylation is 1. The van der Waals surface area contributed by atoms with Crippen molar-refractivity contribution >= 4 is 24.0 Å². The van der Waals surface area contributed by atoms with Gasteiger partial charge in [0.15, 0.2) is 0 Å². The predicted molar refractivity (Wildman–Crippen MR) is 89.5 cm³/mol. The summed E-state index contributed by atoms with van der Waals surface area (Å²) >= 11 is 0. The van der Waals surface area contributed by atoms with Crippen molar-refractivity contribution in [3.8, 4) is 0 Å². The minimum absolute atomic E-state index is 0. The maximum Gasteiger partial charge on any atom is 0.269 e. The number of amides is 1. The van der Waals surface area contributed by atoms with Gasteiger partial charge in [0.05, 0.1) is 4.92 Å². The van der Waals surface area contributed by atoms with Crippen LogP contribution in [0.2, 0.25) is 0 Å². The smallest absolute Gasteiger partial charge is 0.269 e. The Morgan fingerprint density at radius 3 is 2.45 bits per heavy atom. The molecule has 1 unspecified atom stereocenters. The van der Waals surface area contributed by atoms with Crippen molar-refractivity contribution in [2.75, 3.05) is 6.54 Å². The quantitative estimate of drug-likeness (QED) is 0.619. The molecule has 1 amide bonds. The summed E-state index contributed by atoms with van der Waals surface area (Å²) in [5.41, 5.74) is 6.28. The standard InChI is InChI=1S/C15H23N3O3.ClH/c1-10(2)8-15(4,9-16)17-14(19)13-6-5-12(18(20)21)7-11(13)3;/h5-7,10H,8-9,16H2,1-4H3,(H,17,19);1H. The van der Waals surface area contributed by atoms with Gasteiger partial charge < -0.3 is 11.1 Å². The molecule has 3 N–H and O–H groups in total. The largest absolute Gasteiger partial charge is 0.346 e. The normalized spacial score (nSPS) is 13.2. The first-order valence-corrected chi connectivity index (χ1v) is 6.96. The van der Waals surface area contributed by atoms with E-state index < -0.39 is 10.5 Å². The molecule has 0 aliphatic rings. The number of nitro benzene ring substituents is 1. The van der Waals surface area contributed by atoms with E-state index in [0.29, 0.717) is 23.6 Å². The second-order valence-corrected chi connectivity index (χ2v) is 6.07. The number of halogens is 1. The van der Waals surface area contributed by atoms with Crippen molar-refractivity contribution in [3.05, 3.63) is 39.4 Å². The van der Waals surface area contributed by atoms with Crippen LogP contribution in [0, 0.1) is 23.0 Å². The van der Waals surface area contributed by atoms with Crippen LogP contribution in [0.1, 0.15) is 43.1 Å². The molecule has 0 saturated carbocycles. The number of carbonyl (C=O) groups excluding carboxylic acids is 1. The Bertz CT molecular complexity index is 549. The Balaban J connectivity index is 0.00000441. The van der Waals surface area contributed by atoms with Crippen molar-refractivity contribution in [2.24, 2.45) is 11.7 Å². The molecule has 1 aromatic carbocycles. The molecule has 0 spiro atoms. The molecule has 0 aromatic heterocycles. The number of nitro groups is 1. The summed E-state index contributed by atoms with van der Waals surface area (Å²) in [6.45, 7) is 8.06. The van der Waals surface area contributed by atoms with Crippen LogP contribution in [0.15, 0.2) is 18.2 Å². The number of hydrogen-bond acceptors (Lipinski definition) is 4. The van der Waals surface area contributed by atoms with Gasteiger partial charge in [-0.3, -0.25) is 14.9 Å². The van der Waals surface area contributed by atoms with Crippen LogP contribution in [-0.2, 0) is 0 Å². The minimum atomic E-state index is -0.487. The lowest BCUT2D eigenvalue weighted by molar-refractivity contribution is -0.384. The van der Waals surface area contributed by atoms with Gasteiger partial charge in [0.25, 0.3) is 11.6 Å². The number of carbonyl (C=O) groups is 1. The number of nitrogens with two attached hydrogens (primary N) is 1. The molecular weight excluding hydrogens is 306 g/mol. The van der Waals surface area contributed by atoms with Crippen LogP contribution < -0.4 is 11.1 Å². The molecule has 0 radical (unpaired) electrons. The van der Waals surface area contributed by atoms with Crippen molar-refractivity contribution < 1.29 is 9.72 Å². The van der Waals surface area contributed by atoms with E-state index in [1.807, 2.05) is 6.92 Å². The van der Waals surface area contributed by atoms with E-state index in [1.165, 1.54) is 18.2 Å². The first-order valence-electron chi connectivity index (χ1n) is 6.96. The summed E-state index contributed by atoms with van der Waals surface area (Å²) in [6.07, 6.45) is 0.765. The van der Waals surface area contributed by atoms with Crippen molar-refractivity contribution in [1.29, 1.82) is 0 Å². The van der Waals surface area contributed by atoms with Crippen LogP contribution in [0.3, 0.4) is 0 Å². The van der Waals surface area contributed by atoms with E-state index in [-0.39, 0.29) is 24.0 Å². The lowest BCUT2D eigenvalue weighted by atomic mass is 9.90. The third-order valence-electron chi connectivity index (χ3n) is 3.39. The summed E-state index contributed by atoms with van der Waals surface area (Å²) in [5.74, 6) is 0.146. The maximum absolute atomic E-state index is 12.4. The maximum atomic E-state index is 12.4. The van der Waals surface area contributed by atoms with Crippen molar-refractivity contribution in [2.45, 2.75) is 39.7 Å². The van der Waals surface area contributed by atoms with Crippen molar-refractivity contribution in [3.63, 3.8) is 0 Å². The summed E-state index contributed by atoms with van der Waals surface area (Å²) in [6, 6.07) is 4.22.